The molecule has 31 heavy (non-hydrogen) atoms. The van der Waals surface area contributed by atoms with Gasteiger partial charge in [-0.15, -0.1) is 0 Å². The van der Waals surface area contributed by atoms with Crippen molar-refractivity contribution in [2.75, 3.05) is 26.7 Å². The summed E-state index contributed by atoms with van der Waals surface area (Å²) in [5.41, 5.74) is 1.64. The lowest BCUT2D eigenvalue weighted by molar-refractivity contribution is -0.133. The molecule has 0 N–H and O–H groups in total. The Morgan fingerprint density at radius 2 is 1.81 bits per heavy atom. The summed E-state index contributed by atoms with van der Waals surface area (Å²) in [5.74, 6) is 0.807. The zero-order valence-electron chi connectivity index (χ0n) is 18.0. The Morgan fingerprint density at radius 1 is 1.10 bits per heavy atom. The first-order chi connectivity index (χ1) is 15.0. The minimum Gasteiger partial charge on any atom is -0.497 e. The number of amides is 2. The van der Waals surface area contributed by atoms with Gasteiger partial charge in [0, 0.05) is 44.4 Å². The van der Waals surface area contributed by atoms with Crippen LogP contribution in [0.2, 0.25) is 0 Å². The summed E-state index contributed by atoms with van der Waals surface area (Å²) in [5, 5.41) is 0. The normalized spacial score (nSPS) is 17.9. The van der Waals surface area contributed by atoms with Gasteiger partial charge in [-0.2, -0.15) is 0 Å². The molecule has 2 aliphatic heterocycles. The topological polar surface area (TPSA) is 49.9 Å². The highest BCUT2D eigenvalue weighted by Gasteiger charge is 2.45. The molecule has 2 aromatic carbocycles. The van der Waals surface area contributed by atoms with E-state index in [1.54, 1.807) is 25.3 Å². The number of likely N-dealkylation sites (tertiary alicyclic amines) is 2. The molecule has 1 spiro atoms. The first kappa shape index (κ1) is 21.3. The van der Waals surface area contributed by atoms with Crippen LogP contribution in [0.3, 0.4) is 0 Å². The summed E-state index contributed by atoms with van der Waals surface area (Å²) in [6.07, 6.45) is 2.96. The second-order valence-electron chi connectivity index (χ2n) is 8.75. The maximum Gasteiger partial charge on any atom is 0.223 e. The summed E-state index contributed by atoms with van der Waals surface area (Å²) < 4.78 is 19.0. The van der Waals surface area contributed by atoms with Crippen LogP contribution in [-0.4, -0.2) is 48.4 Å². The number of ether oxygens (including phenoxy) is 1. The Balaban J connectivity index is 1.28. The Morgan fingerprint density at radius 3 is 2.48 bits per heavy atom. The molecule has 0 bridgehead atoms. The van der Waals surface area contributed by atoms with E-state index in [2.05, 4.69) is 0 Å². The molecule has 0 aromatic heterocycles. The third-order valence-electron chi connectivity index (χ3n) is 6.68. The average molecular weight is 425 g/mol. The SMILES string of the molecule is COc1ccc(CN2CC3(CCN(C(=O)CCc4ccccc4F)CC3)CC2=O)cc1. The number of hydrogen-bond donors (Lipinski definition) is 0. The van der Waals surface area contributed by atoms with E-state index in [1.165, 1.54) is 6.07 Å². The van der Waals surface area contributed by atoms with Gasteiger partial charge in [-0.25, -0.2) is 4.39 Å². The van der Waals surface area contributed by atoms with Crippen molar-refractivity contribution in [3.63, 3.8) is 0 Å². The Kier molecular flexibility index (Phi) is 6.25. The summed E-state index contributed by atoms with van der Waals surface area (Å²) >= 11 is 0. The van der Waals surface area contributed by atoms with Crippen LogP contribution in [0.4, 0.5) is 4.39 Å². The molecule has 0 radical (unpaired) electrons. The van der Waals surface area contributed by atoms with Crippen LogP contribution in [0.25, 0.3) is 0 Å². The van der Waals surface area contributed by atoms with Crippen molar-refractivity contribution >= 4 is 11.8 Å². The van der Waals surface area contributed by atoms with Crippen molar-refractivity contribution in [2.45, 2.75) is 38.6 Å². The predicted octanol–water partition coefficient (Wildman–Crippen LogP) is 3.81. The summed E-state index contributed by atoms with van der Waals surface area (Å²) in [7, 11) is 1.64. The number of carbonyl (C=O) groups excluding carboxylic acids is 2. The van der Waals surface area contributed by atoms with Gasteiger partial charge >= 0.3 is 0 Å². The standard InChI is InChI=1S/C25H29FN2O3/c1-31-21-9-6-19(7-10-21)17-28-18-25(16-24(28)30)12-14-27(15-13-25)23(29)11-8-20-4-2-3-5-22(20)26/h2-7,9-10H,8,11-18H2,1H3. The van der Waals surface area contributed by atoms with Gasteiger partial charge in [-0.05, 0) is 48.6 Å². The molecular formula is C25H29FN2O3. The van der Waals surface area contributed by atoms with Crippen LogP contribution < -0.4 is 4.74 Å². The number of aryl methyl sites for hydroxylation is 1. The van der Waals surface area contributed by atoms with Crippen molar-refractivity contribution < 1.29 is 18.7 Å². The van der Waals surface area contributed by atoms with Crippen LogP contribution in [0, 0.1) is 11.2 Å². The number of rotatable bonds is 6. The van der Waals surface area contributed by atoms with Gasteiger partial charge in [0.05, 0.1) is 7.11 Å². The fourth-order valence-corrected chi connectivity index (χ4v) is 4.74. The van der Waals surface area contributed by atoms with E-state index in [0.717, 1.165) is 30.7 Å². The second kappa shape index (κ2) is 9.08. The lowest BCUT2D eigenvalue weighted by atomic mass is 9.77. The molecule has 2 saturated heterocycles. The molecule has 0 saturated carbocycles. The number of hydrogen-bond acceptors (Lipinski definition) is 3. The number of piperidine rings is 1. The van der Waals surface area contributed by atoms with E-state index < -0.39 is 0 Å². The van der Waals surface area contributed by atoms with Gasteiger partial charge in [-0.1, -0.05) is 30.3 Å². The van der Waals surface area contributed by atoms with Gasteiger partial charge in [0.25, 0.3) is 0 Å². The molecule has 2 heterocycles. The highest BCUT2D eigenvalue weighted by Crippen LogP contribution is 2.41. The van der Waals surface area contributed by atoms with Gasteiger partial charge in [0.1, 0.15) is 11.6 Å². The van der Waals surface area contributed by atoms with Crippen LogP contribution in [0.1, 0.15) is 36.8 Å². The average Bonchev–Trinajstić information content (AvgIpc) is 3.08. The molecule has 5 nitrogen and oxygen atoms in total. The monoisotopic (exact) mass is 424 g/mol. The molecule has 2 fully saturated rings. The summed E-state index contributed by atoms with van der Waals surface area (Å²) in [4.78, 5) is 29.1. The molecule has 4 rings (SSSR count). The van der Waals surface area contributed by atoms with Crippen LogP contribution >= 0.6 is 0 Å². The minimum atomic E-state index is -0.255. The number of benzene rings is 2. The Bertz CT molecular complexity index is 936. The van der Waals surface area contributed by atoms with E-state index >= 15 is 0 Å². The van der Waals surface area contributed by atoms with Crippen molar-refractivity contribution in [1.82, 2.24) is 9.80 Å². The first-order valence-electron chi connectivity index (χ1n) is 10.9. The van der Waals surface area contributed by atoms with Crippen LogP contribution in [-0.2, 0) is 22.6 Å². The van der Waals surface area contributed by atoms with Crippen molar-refractivity contribution in [1.29, 1.82) is 0 Å². The van der Waals surface area contributed by atoms with Gasteiger partial charge in [0.2, 0.25) is 11.8 Å². The van der Waals surface area contributed by atoms with E-state index in [-0.39, 0.29) is 23.0 Å². The fourth-order valence-electron chi connectivity index (χ4n) is 4.74. The van der Waals surface area contributed by atoms with E-state index in [9.17, 15) is 14.0 Å². The largest absolute Gasteiger partial charge is 0.497 e. The van der Waals surface area contributed by atoms with Crippen LogP contribution in [0.15, 0.2) is 48.5 Å². The molecular weight excluding hydrogens is 395 g/mol. The molecule has 2 amide bonds. The number of carbonyl (C=O) groups is 2. The van der Waals surface area contributed by atoms with Crippen molar-refractivity contribution in [3.05, 3.63) is 65.5 Å². The Hall–Kier alpha value is -2.89. The quantitative estimate of drug-likeness (QED) is 0.709. The van der Waals surface area contributed by atoms with Gasteiger partial charge in [0.15, 0.2) is 0 Å². The second-order valence-corrected chi connectivity index (χ2v) is 8.75. The van der Waals surface area contributed by atoms with E-state index in [4.69, 9.17) is 4.74 Å². The molecule has 2 aliphatic rings. The minimum absolute atomic E-state index is 0.0358. The zero-order valence-corrected chi connectivity index (χ0v) is 18.0. The lowest BCUT2D eigenvalue weighted by Crippen LogP contribution is -2.44. The number of halogens is 1. The fraction of sp³-hybridized carbons (Fsp3) is 0.440. The zero-order chi connectivity index (χ0) is 21.8. The molecule has 0 aliphatic carbocycles. The lowest BCUT2D eigenvalue weighted by Gasteiger charge is -2.39. The van der Waals surface area contributed by atoms with Gasteiger partial charge < -0.3 is 14.5 Å². The highest BCUT2D eigenvalue weighted by molar-refractivity contribution is 5.80. The Labute approximate surface area is 182 Å². The van der Waals surface area contributed by atoms with E-state index in [1.807, 2.05) is 34.1 Å². The van der Waals surface area contributed by atoms with Crippen molar-refractivity contribution in [3.8, 4) is 5.75 Å². The van der Waals surface area contributed by atoms with Gasteiger partial charge in [-0.3, -0.25) is 9.59 Å². The van der Waals surface area contributed by atoms with Crippen molar-refractivity contribution in [2.24, 2.45) is 5.41 Å². The first-order valence-corrected chi connectivity index (χ1v) is 10.9. The third-order valence-corrected chi connectivity index (χ3v) is 6.68. The number of nitrogens with zero attached hydrogens (tertiary/aromatic N) is 2. The van der Waals surface area contributed by atoms with Crippen LogP contribution in [0.5, 0.6) is 5.75 Å². The predicted molar refractivity (Wildman–Crippen MR) is 116 cm³/mol. The number of methoxy groups -OCH3 is 1. The maximum atomic E-state index is 13.8. The van der Waals surface area contributed by atoms with E-state index in [0.29, 0.717) is 44.5 Å². The molecule has 0 atom stereocenters. The third kappa shape index (κ3) is 4.89. The maximum absolute atomic E-state index is 13.8. The molecule has 164 valence electrons. The molecule has 0 unspecified atom stereocenters. The molecule has 2 aromatic rings. The summed E-state index contributed by atoms with van der Waals surface area (Å²) in [6.45, 7) is 2.69. The summed E-state index contributed by atoms with van der Waals surface area (Å²) in [6, 6.07) is 14.4. The smallest absolute Gasteiger partial charge is 0.223 e. The highest BCUT2D eigenvalue weighted by atomic mass is 19.1. The molecule has 6 heteroatoms.